The fourth-order valence-corrected chi connectivity index (χ4v) is 1.64. The molecule has 0 aliphatic carbocycles. The summed E-state index contributed by atoms with van der Waals surface area (Å²) < 4.78 is 11.0. The molecule has 0 atom stereocenters. The summed E-state index contributed by atoms with van der Waals surface area (Å²) in [7, 11) is 0. The smallest absolute Gasteiger partial charge is 0.170 e. The van der Waals surface area contributed by atoms with E-state index in [9.17, 15) is 0 Å². The second-order valence-electron chi connectivity index (χ2n) is 4.57. The van der Waals surface area contributed by atoms with Crippen molar-refractivity contribution >= 4 is 5.84 Å². The molecule has 0 unspecified atom stereocenters. The number of oxime groups is 1. The predicted molar refractivity (Wildman–Crippen MR) is 83.0 cm³/mol. The van der Waals surface area contributed by atoms with Crippen molar-refractivity contribution in [3.8, 4) is 5.75 Å². The van der Waals surface area contributed by atoms with E-state index in [0.717, 1.165) is 44.9 Å². The van der Waals surface area contributed by atoms with E-state index in [1.54, 1.807) is 24.3 Å². The summed E-state index contributed by atoms with van der Waals surface area (Å²) in [5.41, 5.74) is 6.14. The number of nitrogens with zero attached hydrogens (tertiary/aromatic N) is 1. The summed E-state index contributed by atoms with van der Waals surface area (Å²) in [5.74, 6) is 0.844. The van der Waals surface area contributed by atoms with Crippen LogP contribution in [0.3, 0.4) is 0 Å². The second kappa shape index (κ2) is 10.9. The van der Waals surface area contributed by atoms with Gasteiger partial charge in [0.2, 0.25) is 0 Å². The van der Waals surface area contributed by atoms with Crippen LogP contribution in [0.2, 0.25) is 0 Å². The van der Waals surface area contributed by atoms with Crippen molar-refractivity contribution in [2.24, 2.45) is 10.9 Å². The number of nitrogens with two attached hydrogens (primary N) is 1. The van der Waals surface area contributed by atoms with E-state index in [0.29, 0.717) is 12.2 Å². The number of nitrogens with one attached hydrogen (secondary N) is 1. The highest BCUT2D eigenvalue weighted by Gasteiger charge is 1.99. The first-order chi connectivity index (χ1) is 10.3. The van der Waals surface area contributed by atoms with Crippen LogP contribution < -0.4 is 15.8 Å². The maximum atomic E-state index is 8.56. The molecule has 0 heterocycles. The van der Waals surface area contributed by atoms with Crippen molar-refractivity contribution in [3.05, 3.63) is 29.8 Å². The topological polar surface area (TPSA) is 89.1 Å². The Kier molecular flexibility index (Phi) is 8.99. The molecule has 0 radical (unpaired) electrons. The van der Waals surface area contributed by atoms with Crippen LogP contribution in [0.25, 0.3) is 0 Å². The van der Waals surface area contributed by atoms with Crippen molar-refractivity contribution in [2.75, 3.05) is 32.9 Å². The number of amidine groups is 1. The Labute approximate surface area is 125 Å². The Bertz CT molecular complexity index is 407. The highest BCUT2D eigenvalue weighted by molar-refractivity contribution is 5.97. The molecular formula is C15H25N3O3. The van der Waals surface area contributed by atoms with Crippen LogP contribution in [-0.2, 0) is 4.74 Å². The third-order valence-electron chi connectivity index (χ3n) is 2.87. The van der Waals surface area contributed by atoms with E-state index in [1.165, 1.54) is 0 Å². The summed E-state index contributed by atoms with van der Waals surface area (Å²) in [4.78, 5) is 0. The first kappa shape index (κ1) is 17.3. The average molecular weight is 295 g/mol. The molecule has 0 amide bonds. The number of unbranched alkanes of at least 4 members (excludes halogenated alkanes) is 1. The quantitative estimate of drug-likeness (QED) is 0.189. The molecule has 6 heteroatoms. The normalized spacial score (nSPS) is 11.6. The molecule has 0 fully saturated rings. The van der Waals surface area contributed by atoms with Gasteiger partial charge in [0.05, 0.1) is 6.61 Å². The lowest BCUT2D eigenvalue weighted by Crippen LogP contribution is -2.25. The molecule has 0 aliphatic rings. The van der Waals surface area contributed by atoms with Gasteiger partial charge in [-0.15, -0.1) is 0 Å². The molecule has 0 saturated heterocycles. The number of hydrogen-bond acceptors (Lipinski definition) is 5. The second-order valence-corrected chi connectivity index (χ2v) is 4.57. The zero-order chi connectivity index (χ0) is 15.3. The lowest BCUT2D eigenvalue weighted by Gasteiger charge is -2.08. The first-order valence-electron chi connectivity index (χ1n) is 7.27. The summed E-state index contributed by atoms with van der Waals surface area (Å²) in [5, 5.41) is 14.8. The fraction of sp³-hybridized carbons (Fsp3) is 0.533. The third-order valence-corrected chi connectivity index (χ3v) is 2.87. The SMILES string of the molecule is CCCCOCCNCCOc1ccc(C(N)=NO)cc1. The van der Waals surface area contributed by atoms with Gasteiger partial charge in [0.25, 0.3) is 0 Å². The van der Waals surface area contributed by atoms with Crippen molar-refractivity contribution in [1.29, 1.82) is 0 Å². The van der Waals surface area contributed by atoms with Crippen molar-refractivity contribution < 1.29 is 14.7 Å². The Morgan fingerprint density at radius 2 is 1.90 bits per heavy atom. The Hall–Kier alpha value is -1.79. The van der Waals surface area contributed by atoms with Crippen LogP contribution in [0.15, 0.2) is 29.4 Å². The van der Waals surface area contributed by atoms with Crippen LogP contribution in [0, 0.1) is 0 Å². The van der Waals surface area contributed by atoms with Gasteiger partial charge >= 0.3 is 0 Å². The molecule has 0 aliphatic heterocycles. The Morgan fingerprint density at radius 3 is 2.57 bits per heavy atom. The molecule has 1 aromatic rings. The molecule has 0 bridgehead atoms. The lowest BCUT2D eigenvalue weighted by molar-refractivity contribution is 0.132. The van der Waals surface area contributed by atoms with Crippen LogP contribution in [0.5, 0.6) is 5.75 Å². The predicted octanol–water partition coefficient (Wildman–Crippen LogP) is 1.57. The summed E-state index contributed by atoms with van der Waals surface area (Å²) in [6.07, 6.45) is 2.28. The maximum Gasteiger partial charge on any atom is 0.170 e. The molecular weight excluding hydrogens is 270 g/mol. The minimum absolute atomic E-state index is 0.0892. The summed E-state index contributed by atoms with van der Waals surface area (Å²) in [6.45, 7) is 5.89. The number of rotatable bonds is 11. The average Bonchev–Trinajstić information content (AvgIpc) is 2.53. The van der Waals surface area contributed by atoms with E-state index in [1.807, 2.05) is 0 Å². The summed E-state index contributed by atoms with van der Waals surface area (Å²) >= 11 is 0. The monoisotopic (exact) mass is 295 g/mol. The highest BCUT2D eigenvalue weighted by atomic mass is 16.5. The standard InChI is InChI=1S/C15H25N3O3/c1-2-3-10-20-11-8-17-9-12-21-14-6-4-13(5-7-14)15(16)18-19/h4-7,17,19H,2-3,8-12H2,1H3,(H2,16,18). The number of hydrogen-bond donors (Lipinski definition) is 3. The lowest BCUT2D eigenvalue weighted by atomic mass is 10.2. The maximum absolute atomic E-state index is 8.56. The van der Waals surface area contributed by atoms with Gasteiger partial charge in [0.1, 0.15) is 12.4 Å². The molecule has 4 N–H and O–H groups in total. The van der Waals surface area contributed by atoms with E-state index < -0.39 is 0 Å². The molecule has 6 nitrogen and oxygen atoms in total. The zero-order valence-electron chi connectivity index (χ0n) is 12.5. The van der Waals surface area contributed by atoms with Crippen molar-refractivity contribution in [1.82, 2.24) is 5.32 Å². The van der Waals surface area contributed by atoms with Gasteiger partial charge in [-0.25, -0.2) is 0 Å². The van der Waals surface area contributed by atoms with Gasteiger partial charge in [-0.1, -0.05) is 18.5 Å². The molecule has 1 aromatic carbocycles. The van der Waals surface area contributed by atoms with Crippen LogP contribution in [-0.4, -0.2) is 44.0 Å². The highest BCUT2D eigenvalue weighted by Crippen LogP contribution is 2.11. The molecule has 21 heavy (non-hydrogen) atoms. The van der Waals surface area contributed by atoms with E-state index >= 15 is 0 Å². The molecule has 0 saturated carbocycles. The Morgan fingerprint density at radius 1 is 1.19 bits per heavy atom. The third kappa shape index (κ3) is 7.53. The van der Waals surface area contributed by atoms with Gasteiger partial charge in [-0.2, -0.15) is 0 Å². The van der Waals surface area contributed by atoms with Crippen LogP contribution in [0.1, 0.15) is 25.3 Å². The largest absolute Gasteiger partial charge is 0.492 e. The van der Waals surface area contributed by atoms with Gasteiger partial charge < -0.3 is 25.7 Å². The van der Waals surface area contributed by atoms with Crippen LogP contribution >= 0.6 is 0 Å². The molecule has 0 spiro atoms. The molecule has 0 aromatic heterocycles. The van der Waals surface area contributed by atoms with Gasteiger partial charge in [-0.3, -0.25) is 0 Å². The Balaban J connectivity index is 2.08. The van der Waals surface area contributed by atoms with E-state index in [4.69, 9.17) is 20.4 Å². The molecule has 1 rings (SSSR count). The van der Waals surface area contributed by atoms with Crippen molar-refractivity contribution in [2.45, 2.75) is 19.8 Å². The van der Waals surface area contributed by atoms with Crippen molar-refractivity contribution in [3.63, 3.8) is 0 Å². The zero-order valence-corrected chi connectivity index (χ0v) is 12.5. The first-order valence-corrected chi connectivity index (χ1v) is 7.27. The minimum atomic E-state index is 0.0892. The van der Waals surface area contributed by atoms with E-state index in [-0.39, 0.29) is 5.84 Å². The number of benzene rings is 1. The fourth-order valence-electron chi connectivity index (χ4n) is 1.64. The minimum Gasteiger partial charge on any atom is -0.492 e. The molecule has 118 valence electrons. The number of ether oxygens (including phenoxy) is 2. The van der Waals surface area contributed by atoms with Gasteiger partial charge in [-0.05, 0) is 30.7 Å². The van der Waals surface area contributed by atoms with Gasteiger partial charge in [0.15, 0.2) is 5.84 Å². The van der Waals surface area contributed by atoms with Crippen LogP contribution in [0.4, 0.5) is 0 Å². The summed E-state index contributed by atoms with van der Waals surface area (Å²) in [6, 6.07) is 7.08. The van der Waals surface area contributed by atoms with Gasteiger partial charge in [0, 0.05) is 25.3 Å². The van der Waals surface area contributed by atoms with E-state index in [2.05, 4.69) is 17.4 Å².